The van der Waals surface area contributed by atoms with Crippen LogP contribution in [0, 0.1) is 11.3 Å². The van der Waals surface area contributed by atoms with E-state index in [-0.39, 0.29) is 22.0 Å². The van der Waals surface area contributed by atoms with E-state index in [1.807, 2.05) is 25.1 Å². The van der Waals surface area contributed by atoms with Gasteiger partial charge in [0.25, 0.3) is 0 Å². The van der Waals surface area contributed by atoms with Crippen LogP contribution in [0.25, 0.3) is 16.6 Å². The minimum Gasteiger partial charge on any atom is -0.507 e. The molecule has 0 atom stereocenters. The average molecular weight is 355 g/mol. The number of carbonyl (C=O) groups excluding carboxylic acids is 1. The highest BCUT2D eigenvalue weighted by atomic mass is 32.1. The summed E-state index contributed by atoms with van der Waals surface area (Å²) in [7, 11) is 0. The Morgan fingerprint density at radius 3 is 2.96 bits per heavy atom. The molecule has 3 aromatic rings. The lowest BCUT2D eigenvalue weighted by molar-refractivity contribution is 0.0507. The standard InChI is InChI=1S/C16H13N5O3S/c1-2-10-14(25-21-20-10)16(23)24-8-13(22)9(7-17)15-18-11-5-3-4-6-12(11)19-15/h3-6,22H,2,8H2,1H3,(H,18,19)/b13-9-. The first-order valence-corrected chi connectivity index (χ1v) is 8.17. The first-order chi connectivity index (χ1) is 12.1. The second-order valence-electron chi connectivity index (χ2n) is 5.01. The van der Waals surface area contributed by atoms with Gasteiger partial charge < -0.3 is 14.8 Å². The van der Waals surface area contributed by atoms with Crippen LogP contribution in [0.15, 0.2) is 30.0 Å². The number of benzene rings is 1. The number of hydrogen-bond acceptors (Lipinski definition) is 8. The number of imidazole rings is 1. The van der Waals surface area contributed by atoms with Crippen molar-refractivity contribution in [3.8, 4) is 6.07 Å². The van der Waals surface area contributed by atoms with E-state index in [0.29, 0.717) is 17.6 Å². The van der Waals surface area contributed by atoms with Gasteiger partial charge in [-0.25, -0.2) is 9.78 Å². The van der Waals surface area contributed by atoms with Crippen LogP contribution in [0.2, 0.25) is 0 Å². The zero-order valence-electron chi connectivity index (χ0n) is 13.2. The Kier molecular flexibility index (Phi) is 4.72. The molecule has 0 unspecified atom stereocenters. The van der Waals surface area contributed by atoms with Gasteiger partial charge in [0.2, 0.25) is 0 Å². The molecule has 2 aromatic heterocycles. The lowest BCUT2D eigenvalue weighted by atomic mass is 10.2. The number of para-hydroxylation sites is 2. The highest BCUT2D eigenvalue weighted by Crippen LogP contribution is 2.19. The van der Waals surface area contributed by atoms with Crippen molar-refractivity contribution in [2.75, 3.05) is 6.61 Å². The Morgan fingerprint density at radius 2 is 2.24 bits per heavy atom. The number of aromatic nitrogens is 4. The summed E-state index contributed by atoms with van der Waals surface area (Å²) in [5.41, 5.74) is 1.86. The Labute approximate surface area is 146 Å². The van der Waals surface area contributed by atoms with Crippen molar-refractivity contribution < 1.29 is 14.6 Å². The van der Waals surface area contributed by atoms with E-state index in [2.05, 4.69) is 19.6 Å². The normalized spacial score (nSPS) is 11.8. The fourth-order valence-corrected chi connectivity index (χ4v) is 2.84. The van der Waals surface area contributed by atoms with Gasteiger partial charge in [0.15, 0.2) is 16.5 Å². The van der Waals surface area contributed by atoms with Crippen LogP contribution in [0.3, 0.4) is 0 Å². The number of ether oxygens (including phenoxy) is 1. The molecule has 0 amide bonds. The summed E-state index contributed by atoms with van der Waals surface area (Å²) in [6, 6.07) is 9.12. The van der Waals surface area contributed by atoms with E-state index in [9.17, 15) is 15.2 Å². The maximum absolute atomic E-state index is 12.0. The second-order valence-corrected chi connectivity index (χ2v) is 5.77. The van der Waals surface area contributed by atoms with Crippen molar-refractivity contribution in [2.45, 2.75) is 13.3 Å². The third kappa shape index (κ3) is 3.34. The third-order valence-electron chi connectivity index (χ3n) is 3.44. The van der Waals surface area contributed by atoms with Crippen LogP contribution in [0.5, 0.6) is 0 Å². The van der Waals surface area contributed by atoms with E-state index in [4.69, 9.17) is 4.74 Å². The van der Waals surface area contributed by atoms with Crippen LogP contribution >= 0.6 is 11.5 Å². The molecular formula is C16H13N5O3S. The van der Waals surface area contributed by atoms with Gasteiger partial charge in [-0.1, -0.05) is 23.5 Å². The van der Waals surface area contributed by atoms with Crippen molar-refractivity contribution in [2.24, 2.45) is 0 Å². The molecule has 9 heteroatoms. The van der Waals surface area contributed by atoms with Crippen LogP contribution in [-0.2, 0) is 11.2 Å². The van der Waals surface area contributed by atoms with Gasteiger partial charge in [-0.05, 0) is 30.1 Å². The highest BCUT2D eigenvalue weighted by molar-refractivity contribution is 7.07. The number of H-pyrrole nitrogens is 1. The van der Waals surface area contributed by atoms with Gasteiger partial charge in [0.1, 0.15) is 18.2 Å². The number of aryl methyl sites for hydroxylation is 1. The number of aliphatic hydroxyl groups is 1. The quantitative estimate of drug-likeness (QED) is 0.409. The number of aromatic amines is 1. The van der Waals surface area contributed by atoms with E-state index in [0.717, 1.165) is 17.0 Å². The predicted molar refractivity (Wildman–Crippen MR) is 90.8 cm³/mol. The highest BCUT2D eigenvalue weighted by Gasteiger charge is 2.19. The zero-order valence-corrected chi connectivity index (χ0v) is 14.0. The summed E-state index contributed by atoms with van der Waals surface area (Å²) < 4.78 is 8.77. The van der Waals surface area contributed by atoms with Gasteiger partial charge >= 0.3 is 5.97 Å². The molecule has 0 aliphatic rings. The van der Waals surface area contributed by atoms with Gasteiger partial charge in [0.05, 0.1) is 16.7 Å². The topological polar surface area (TPSA) is 125 Å². The molecule has 2 N–H and O–H groups in total. The Bertz CT molecular complexity index is 966. The van der Waals surface area contributed by atoms with Gasteiger partial charge in [-0.15, -0.1) is 5.10 Å². The fraction of sp³-hybridized carbons (Fsp3) is 0.188. The van der Waals surface area contributed by atoms with Gasteiger partial charge in [-0.2, -0.15) is 5.26 Å². The third-order valence-corrected chi connectivity index (χ3v) is 4.19. The van der Waals surface area contributed by atoms with Crippen molar-refractivity contribution in [1.29, 1.82) is 5.26 Å². The minimum atomic E-state index is -0.639. The number of hydrogen-bond donors (Lipinski definition) is 2. The fourth-order valence-electron chi connectivity index (χ4n) is 2.19. The number of fused-ring (bicyclic) bond motifs is 1. The maximum atomic E-state index is 12.0. The number of aliphatic hydroxyl groups excluding tert-OH is 1. The van der Waals surface area contributed by atoms with Crippen molar-refractivity contribution in [3.05, 3.63) is 46.4 Å². The molecule has 2 heterocycles. The smallest absolute Gasteiger partial charge is 0.352 e. The number of nitriles is 1. The molecule has 25 heavy (non-hydrogen) atoms. The van der Waals surface area contributed by atoms with E-state index in [1.165, 1.54) is 0 Å². The first-order valence-electron chi connectivity index (χ1n) is 7.39. The molecule has 0 aliphatic heterocycles. The van der Waals surface area contributed by atoms with Crippen molar-refractivity contribution >= 4 is 34.1 Å². The second kappa shape index (κ2) is 7.11. The molecule has 0 radical (unpaired) electrons. The zero-order chi connectivity index (χ0) is 17.8. The number of carbonyl (C=O) groups is 1. The molecule has 3 rings (SSSR count). The maximum Gasteiger partial charge on any atom is 0.352 e. The van der Waals surface area contributed by atoms with Crippen LogP contribution < -0.4 is 0 Å². The molecule has 0 saturated carbocycles. The number of esters is 1. The summed E-state index contributed by atoms with van der Waals surface area (Å²) in [6.07, 6.45) is 0.547. The predicted octanol–water partition coefficient (Wildman–Crippen LogP) is 2.63. The summed E-state index contributed by atoms with van der Waals surface area (Å²) in [4.78, 5) is 19.5. The molecule has 0 aliphatic carbocycles. The molecule has 0 fully saturated rings. The molecule has 0 bridgehead atoms. The minimum absolute atomic E-state index is 0.0813. The summed E-state index contributed by atoms with van der Waals surface area (Å²) in [6.45, 7) is 1.40. The van der Waals surface area contributed by atoms with E-state index < -0.39 is 12.6 Å². The van der Waals surface area contributed by atoms with E-state index >= 15 is 0 Å². The summed E-state index contributed by atoms with van der Waals surface area (Å²) >= 11 is 0.931. The molecule has 0 saturated heterocycles. The van der Waals surface area contributed by atoms with Crippen molar-refractivity contribution in [3.63, 3.8) is 0 Å². The molecule has 126 valence electrons. The lowest BCUT2D eigenvalue weighted by Gasteiger charge is -2.04. The van der Waals surface area contributed by atoms with Gasteiger partial charge in [0, 0.05) is 0 Å². The SMILES string of the molecule is CCc1nnsc1C(=O)OC/C(O)=C(\C#N)c1nc2ccccc2[nH]1. The molecule has 1 aromatic carbocycles. The van der Waals surface area contributed by atoms with Crippen LogP contribution in [-0.4, -0.2) is 37.2 Å². The number of nitrogens with one attached hydrogen (secondary N) is 1. The Morgan fingerprint density at radius 1 is 1.44 bits per heavy atom. The van der Waals surface area contributed by atoms with Crippen LogP contribution in [0.1, 0.15) is 28.1 Å². The first kappa shape index (κ1) is 16.6. The van der Waals surface area contributed by atoms with Crippen LogP contribution in [0.4, 0.5) is 0 Å². The van der Waals surface area contributed by atoms with Crippen molar-refractivity contribution in [1.82, 2.24) is 19.6 Å². The lowest BCUT2D eigenvalue weighted by Crippen LogP contribution is -2.09. The monoisotopic (exact) mass is 355 g/mol. The average Bonchev–Trinajstić information content (AvgIpc) is 3.26. The summed E-state index contributed by atoms with van der Waals surface area (Å²) in [5, 5.41) is 23.3. The molecule has 8 nitrogen and oxygen atoms in total. The Hall–Kier alpha value is -3.25. The van der Waals surface area contributed by atoms with E-state index in [1.54, 1.807) is 12.1 Å². The number of nitrogens with zero attached hydrogens (tertiary/aromatic N) is 4. The van der Waals surface area contributed by atoms with Gasteiger partial charge in [-0.3, -0.25) is 0 Å². The number of allylic oxidation sites excluding steroid dienone is 1. The Balaban J connectivity index is 1.80. The molecule has 0 spiro atoms. The summed E-state index contributed by atoms with van der Waals surface area (Å²) in [5.74, 6) is -0.809. The number of rotatable bonds is 5. The molecular weight excluding hydrogens is 342 g/mol. The largest absolute Gasteiger partial charge is 0.507 e.